The third kappa shape index (κ3) is 4.48. The number of piperidine rings is 1. The SMILES string of the molecule is N#CC1CCCC1NC(=O)CCOC1CCNCC1. The van der Waals surface area contributed by atoms with Crippen LogP contribution >= 0.6 is 0 Å². The van der Waals surface area contributed by atoms with Crippen molar-refractivity contribution in [3.63, 3.8) is 0 Å². The number of hydrogen-bond donors (Lipinski definition) is 2. The number of nitrogens with zero attached hydrogens (tertiary/aromatic N) is 1. The average Bonchev–Trinajstić information content (AvgIpc) is 2.87. The van der Waals surface area contributed by atoms with Crippen molar-refractivity contribution in [1.82, 2.24) is 10.6 Å². The Morgan fingerprint density at radius 2 is 2.11 bits per heavy atom. The molecule has 1 aliphatic carbocycles. The van der Waals surface area contributed by atoms with Gasteiger partial charge in [-0.15, -0.1) is 0 Å². The van der Waals surface area contributed by atoms with Crippen molar-refractivity contribution in [3.8, 4) is 6.07 Å². The lowest BCUT2D eigenvalue weighted by molar-refractivity contribution is -0.123. The number of nitrogens with one attached hydrogen (secondary N) is 2. The molecule has 1 saturated carbocycles. The predicted octanol–water partition coefficient (Wildman–Crippen LogP) is 0.954. The summed E-state index contributed by atoms with van der Waals surface area (Å²) in [4.78, 5) is 11.8. The van der Waals surface area contributed by atoms with E-state index in [1.807, 2.05) is 0 Å². The molecule has 106 valence electrons. The first-order valence-corrected chi connectivity index (χ1v) is 7.31. The molecule has 0 aromatic rings. The second-order valence-electron chi connectivity index (χ2n) is 5.41. The molecule has 1 amide bonds. The van der Waals surface area contributed by atoms with Crippen LogP contribution in [0.1, 0.15) is 38.5 Å². The van der Waals surface area contributed by atoms with Gasteiger partial charge in [-0.2, -0.15) is 5.26 Å². The first-order chi connectivity index (χ1) is 9.29. The van der Waals surface area contributed by atoms with Gasteiger partial charge in [0.1, 0.15) is 0 Å². The highest BCUT2D eigenvalue weighted by Crippen LogP contribution is 2.24. The number of ether oxygens (including phenoxy) is 1. The van der Waals surface area contributed by atoms with Gasteiger partial charge in [0.05, 0.1) is 24.7 Å². The van der Waals surface area contributed by atoms with Crippen LogP contribution in [0.2, 0.25) is 0 Å². The average molecular weight is 265 g/mol. The fourth-order valence-electron chi connectivity index (χ4n) is 2.85. The molecule has 2 unspecified atom stereocenters. The summed E-state index contributed by atoms with van der Waals surface area (Å²) >= 11 is 0. The van der Waals surface area contributed by atoms with Crippen LogP contribution in [0, 0.1) is 17.2 Å². The predicted molar refractivity (Wildman–Crippen MR) is 71.3 cm³/mol. The zero-order chi connectivity index (χ0) is 13.5. The Morgan fingerprint density at radius 3 is 2.84 bits per heavy atom. The first kappa shape index (κ1) is 14.3. The van der Waals surface area contributed by atoms with E-state index in [4.69, 9.17) is 10.00 Å². The monoisotopic (exact) mass is 265 g/mol. The van der Waals surface area contributed by atoms with Crippen LogP contribution in [0.25, 0.3) is 0 Å². The molecule has 5 nitrogen and oxygen atoms in total. The molecule has 0 bridgehead atoms. The minimum atomic E-state index is -0.00529. The van der Waals surface area contributed by atoms with Crippen molar-refractivity contribution < 1.29 is 9.53 Å². The van der Waals surface area contributed by atoms with Crippen molar-refractivity contribution in [2.45, 2.75) is 50.7 Å². The zero-order valence-corrected chi connectivity index (χ0v) is 11.4. The number of amides is 1. The van der Waals surface area contributed by atoms with Gasteiger partial charge in [0.25, 0.3) is 0 Å². The van der Waals surface area contributed by atoms with Crippen molar-refractivity contribution in [2.24, 2.45) is 5.92 Å². The van der Waals surface area contributed by atoms with Crippen molar-refractivity contribution in [3.05, 3.63) is 0 Å². The Labute approximate surface area is 114 Å². The highest BCUT2D eigenvalue weighted by Gasteiger charge is 2.28. The molecule has 0 aromatic carbocycles. The minimum absolute atomic E-state index is 0.00529. The zero-order valence-electron chi connectivity index (χ0n) is 11.4. The Balaban J connectivity index is 1.60. The second-order valence-corrected chi connectivity index (χ2v) is 5.41. The van der Waals surface area contributed by atoms with E-state index in [1.165, 1.54) is 0 Å². The molecule has 1 heterocycles. The van der Waals surface area contributed by atoms with Crippen LogP contribution in [-0.4, -0.2) is 37.7 Å². The lowest BCUT2D eigenvalue weighted by Crippen LogP contribution is -2.38. The third-order valence-electron chi connectivity index (χ3n) is 4.00. The Kier molecular flexibility index (Phi) is 5.62. The van der Waals surface area contributed by atoms with E-state index >= 15 is 0 Å². The largest absolute Gasteiger partial charge is 0.378 e. The van der Waals surface area contributed by atoms with Crippen LogP contribution in [0.15, 0.2) is 0 Å². The van der Waals surface area contributed by atoms with E-state index in [0.29, 0.717) is 19.1 Å². The lowest BCUT2D eigenvalue weighted by Gasteiger charge is -2.23. The molecule has 0 radical (unpaired) electrons. The molecule has 2 rings (SSSR count). The van der Waals surface area contributed by atoms with Gasteiger partial charge >= 0.3 is 0 Å². The van der Waals surface area contributed by atoms with E-state index in [-0.39, 0.29) is 17.9 Å². The topological polar surface area (TPSA) is 74.2 Å². The lowest BCUT2D eigenvalue weighted by atomic mass is 10.1. The highest BCUT2D eigenvalue weighted by atomic mass is 16.5. The van der Waals surface area contributed by atoms with Crippen molar-refractivity contribution >= 4 is 5.91 Å². The molecular formula is C14H23N3O2. The second kappa shape index (κ2) is 7.46. The molecule has 1 saturated heterocycles. The van der Waals surface area contributed by atoms with Gasteiger partial charge in [-0.1, -0.05) is 0 Å². The fourth-order valence-corrected chi connectivity index (χ4v) is 2.85. The summed E-state index contributed by atoms with van der Waals surface area (Å²) in [6.45, 7) is 2.49. The van der Waals surface area contributed by atoms with Crippen LogP contribution in [0.5, 0.6) is 0 Å². The number of carbonyl (C=O) groups excluding carboxylic acids is 1. The maximum atomic E-state index is 11.8. The van der Waals surface area contributed by atoms with Gasteiger partial charge < -0.3 is 15.4 Å². The molecule has 2 atom stereocenters. The van der Waals surface area contributed by atoms with E-state index in [0.717, 1.165) is 45.2 Å². The molecule has 2 N–H and O–H groups in total. The summed E-state index contributed by atoms with van der Waals surface area (Å²) in [6, 6.07) is 2.33. The molecule has 0 spiro atoms. The van der Waals surface area contributed by atoms with Gasteiger partial charge in [-0.05, 0) is 45.2 Å². The van der Waals surface area contributed by atoms with Crippen LogP contribution < -0.4 is 10.6 Å². The van der Waals surface area contributed by atoms with Gasteiger partial charge in [0.15, 0.2) is 0 Å². The summed E-state index contributed by atoms with van der Waals surface area (Å²) in [5.74, 6) is 0.00960. The molecular weight excluding hydrogens is 242 g/mol. The van der Waals surface area contributed by atoms with Crippen molar-refractivity contribution in [1.29, 1.82) is 5.26 Å². The van der Waals surface area contributed by atoms with E-state index in [2.05, 4.69) is 16.7 Å². The molecule has 2 fully saturated rings. The van der Waals surface area contributed by atoms with Crippen LogP contribution in [0.3, 0.4) is 0 Å². The molecule has 1 aliphatic heterocycles. The third-order valence-corrected chi connectivity index (χ3v) is 4.00. The maximum absolute atomic E-state index is 11.8. The van der Waals surface area contributed by atoms with Crippen LogP contribution in [-0.2, 0) is 9.53 Å². The number of rotatable bonds is 5. The van der Waals surface area contributed by atoms with E-state index < -0.39 is 0 Å². The smallest absolute Gasteiger partial charge is 0.222 e. The molecule has 2 aliphatic rings. The van der Waals surface area contributed by atoms with Gasteiger partial charge in [0, 0.05) is 12.5 Å². The summed E-state index contributed by atoms with van der Waals surface area (Å²) < 4.78 is 5.71. The van der Waals surface area contributed by atoms with Gasteiger partial charge in [-0.25, -0.2) is 0 Å². The van der Waals surface area contributed by atoms with Crippen molar-refractivity contribution in [2.75, 3.05) is 19.7 Å². The summed E-state index contributed by atoms with van der Waals surface area (Å²) in [6.07, 6.45) is 5.63. The molecule has 19 heavy (non-hydrogen) atoms. The van der Waals surface area contributed by atoms with E-state index in [1.54, 1.807) is 0 Å². The Hall–Kier alpha value is -1.12. The summed E-state index contributed by atoms with van der Waals surface area (Å²) in [5.41, 5.74) is 0. The summed E-state index contributed by atoms with van der Waals surface area (Å²) in [5, 5.41) is 15.2. The molecule has 0 aromatic heterocycles. The highest BCUT2D eigenvalue weighted by molar-refractivity contribution is 5.76. The van der Waals surface area contributed by atoms with Gasteiger partial charge in [0.2, 0.25) is 5.91 Å². The quantitative estimate of drug-likeness (QED) is 0.776. The Morgan fingerprint density at radius 1 is 1.32 bits per heavy atom. The minimum Gasteiger partial charge on any atom is -0.378 e. The normalized spacial score (nSPS) is 27.9. The fraction of sp³-hybridized carbons (Fsp3) is 0.857. The van der Waals surface area contributed by atoms with E-state index in [9.17, 15) is 4.79 Å². The number of hydrogen-bond acceptors (Lipinski definition) is 4. The maximum Gasteiger partial charge on any atom is 0.222 e. The molecule has 5 heteroatoms. The Bertz CT molecular complexity index is 334. The summed E-state index contributed by atoms with van der Waals surface area (Å²) in [7, 11) is 0. The standard InChI is InChI=1S/C14H23N3O2/c15-10-11-2-1-3-13(11)17-14(18)6-9-19-12-4-7-16-8-5-12/h11-13,16H,1-9H2,(H,17,18). The number of carbonyl (C=O) groups is 1. The number of nitriles is 1. The first-order valence-electron chi connectivity index (χ1n) is 7.31. The van der Waals surface area contributed by atoms with Crippen LogP contribution in [0.4, 0.5) is 0 Å². The van der Waals surface area contributed by atoms with Gasteiger partial charge in [-0.3, -0.25) is 4.79 Å².